The number of nitrogens with one attached hydrogen (secondary N) is 1. The van der Waals surface area contributed by atoms with Gasteiger partial charge in [0.05, 0.1) is 18.7 Å². The summed E-state index contributed by atoms with van der Waals surface area (Å²) in [5, 5.41) is 6.57. The molecule has 2 aromatic rings. The molecule has 3 rings (SSSR count). The Labute approximate surface area is 172 Å². The van der Waals surface area contributed by atoms with E-state index in [2.05, 4.69) is 5.32 Å². The smallest absolute Gasteiger partial charge is 0.325 e. The van der Waals surface area contributed by atoms with Gasteiger partial charge < -0.3 is 15.0 Å². The van der Waals surface area contributed by atoms with Crippen molar-refractivity contribution in [1.82, 2.24) is 10.2 Å². The van der Waals surface area contributed by atoms with Crippen LogP contribution in [-0.4, -0.2) is 35.8 Å². The summed E-state index contributed by atoms with van der Waals surface area (Å²) in [5.74, 6) is -1.01. The molecular formula is C20H24N2O4S2. The van der Waals surface area contributed by atoms with Gasteiger partial charge >= 0.3 is 12.0 Å². The third-order valence-electron chi connectivity index (χ3n) is 5.04. The van der Waals surface area contributed by atoms with Crippen molar-refractivity contribution in [2.75, 3.05) is 13.2 Å². The molecule has 0 saturated carbocycles. The molecule has 1 aliphatic heterocycles. The third kappa shape index (κ3) is 3.98. The number of thiophene rings is 2. The normalized spacial score (nSPS) is 24.8. The maximum absolute atomic E-state index is 13.2. The monoisotopic (exact) mass is 420 g/mol. The number of ether oxygens (including phenoxy) is 1. The first-order valence-corrected chi connectivity index (χ1v) is 11.0. The Morgan fingerprint density at radius 2 is 1.61 bits per heavy atom. The van der Waals surface area contributed by atoms with Crippen molar-refractivity contribution in [3.8, 4) is 0 Å². The number of Topliss-reactive ketones (excluding diaryl/α,β-unsaturated/α-hetero) is 1. The van der Waals surface area contributed by atoms with Gasteiger partial charge in [0.1, 0.15) is 12.3 Å². The molecule has 3 heterocycles. The number of esters is 1. The van der Waals surface area contributed by atoms with Crippen LogP contribution in [0.4, 0.5) is 4.79 Å². The lowest BCUT2D eigenvalue weighted by Crippen LogP contribution is -2.54. The van der Waals surface area contributed by atoms with Gasteiger partial charge in [0, 0.05) is 21.6 Å². The molecule has 1 fully saturated rings. The average Bonchev–Trinajstić information content (AvgIpc) is 3.38. The molecule has 6 nitrogen and oxygen atoms in total. The number of nitrogens with zero attached hydrogens (tertiary/aromatic N) is 1. The highest BCUT2D eigenvalue weighted by molar-refractivity contribution is 7.10. The van der Waals surface area contributed by atoms with Crippen LogP contribution in [0.5, 0.6) is 0 Å². The molecule has 0 aromatic carbocycles. The first-order chi connectivity index (χ1) is 13.5. The number of carbonyl (C=O) groups excluding carboxylic acids is 3. The zero-order chi connectivity index (χ0) is 20.3. The summed E-state index contributed by atoms with van der Waals surface area (Å²) in [6.07, 6.45) is 0. The van der Waals surface area contributed by atoms with Gasteiger partial charge in [0.25, 0.3) is 0 Å². The molecule has 0 radical (unpaired) electrons. The number of carbonyl (C=O) groups is 3. The summed E-state index contributed by atoms with van der Waals surface area (Å²) in [7, 11) is 0. The molecule has 1 aliphatic rings. The summed E-state index contributed by atoms with van der Waals surface area (Å²) in [4.78, 5) is 41.6. The van der Waals surface area contributed by atoms with Gasteiger partial charge in [-0.2, -0.15) is 0 Å². The number of hydrogen-bond donors (Lipinski definition) is 1. The molecule has 0 bridgehead atoms. The second kappa shape index (κ2) is 8.87. The van der Waals surface area contributed by atoms with Crippen LogP contribution >= 0.6 is 22.7 Å². The second-order valence-corrected chi connectivity index (χ2v) is 8.73. The van der Waals surface area contributed by atoms with Crippen LogP contribution in [0.2, 0.25) is 0 Å². The molecule has 150 valence electrons. The highest BCUT2D eigenvalue weighted by Crippen LogP contribution is 2.47. The lowest BCUT2D eigenvalue weighted by Gasteiger charge is -2.47. The fourth-order valence-electron chi connectivity index (χ4n) is 3.77. The van der Waals surface area contributed by atoms with Crippen molar-refractivity contribution in [1.29, 1.82) is 0 Å². The molecule has 8 heteroatoms. The highest BCUT2D eigenvalue weighted by Gasteiger charge is 2.48. The Morgan fingerprint density at radius 1 is 1.07 bits per heavy atom. The van der Waals surface area contributed by atoms with Gasteiger partial charge in [-0.15, -0.1) is 22.7 Å². The number of urea groups is 1. The van der Waals surface area contributed by atoms with E-state index in [1.165, 1.54) is 22.7 Å². The van der Waals surface area contributed by atoms with Gasteiger partial charge in [-0.05, 0) is 29.8 Å². The standard InChI is InChI=1S/C20H24N2O4S2/c1-4-26-16(23)11-21-20(25)22-17(14-7-5-9-27-14)12(2)19(24)13(3)18(22)15-8-6-10-28-15/h5-10,12-13,17-18H,4,11H2,1-3H3,(H,21,25)/t12-,13+,17+,18-. The first-order valence-electron chi connectivity index (χ1n) is 9.28. The van der Waals surface area contributed by atoms with Crippen LogP contribution in [0.15, 0.2) is 35.0 Å². The Morgan fingerprint density at radius 3 is 2.04 bits per heavy atom. The van der Waals surface area contributed by atoms with Crippen molar-refractivity contribution in [2.24, 2.45) is 11.8 Å². The number of likely N-dealkylation sites (tertiary alicyclic amines) is 1. The molecule has 4 atom stereocenters. The van der Waals surface area contributed by atoms with Gasteiger partial charge in [-0.3, -0.25) is 9.59 Å². The Hall–Kier alpha value is -2.19. The van der Waals surface area contributed by atoms with E-state index in [0.717, 1.165) is 9.75 Å². The van der Waals surface area contributed by atoms with Crippen LogP contribution in [0.3, 0.4) is 0 Å². The predicted molar refractivity (Wildman–Crippen MR) is 109 cm³/mol. The number of hydrogen-bond acceptors (Lipinski definition) is 6. The van der Waals surface area contributed by atoms with E-state index < -0.39 is 5.97 Å². The molecule has 1 N–H and O–H groups in total. The largest absolute Gasteiger partial charge is 0.465 e. The minimum absolute atomic E-state index is 0.145. The van der Waals surface area contributed by atoms with Crippen molar-refractivity contribution < 1.29 is 19.1 Å². The van der Waals surface area contributed by atoms with E-state index in [1.807, 2.05) is 48.9 Å². The molecule has 1 saturated heterocycles. The van der Waals surface area contributed by atoms with Crippen LogP contribution in [0.25, 0.3) is 0 Å². The third-order valence-corrected chi connectivity index (χ3v) is 6.92. The van der Waals surface area contributed by atoms with Crippen molar-refractivity contribution in [3.05, 3.63) is 44.8 Å². The summed E-state index contributed by atoms with van der Waals surface area (Å²) >= 11 is 3.05. The SMILES string of the molecule is CCOC(=O)CNC(=O)N1[C@H](c2cccs2)[C@@H](C)C(=O)[C@@H](C)[C@@H]1c1cccs1. The summed E-state index contributed by atoms with van der Waals surface area (Å²) < 4.78 is 4.91. The predicted octanol–water partition coefficient (Wildman–Crippen LogP) is 4.02. The number of rotatable bonds is 5. The first kappa shape index (κ1) is 20.5. The molecule has 0 spiro atoms. The molecular weight excluding hydrogens is 396 g/mol. The lowest BCUT2D eigenvalue weighted by atomic mass is 9.78. The van der Waals surface area contributed by atoms with E-state index in [1.54, 1.807) is 11.8 Å². The average molecular weight is 421 g/mol. The summed E-state index contributed by atoms with van der Waals surface area (Å²) in [6, 6.07) is 6.62. The fraction of sp³-hybridized carbons (Fsp3) is 0.450. The topological polar surface area (TPSA) is 75.7 Å². The Kier molecular flexibility index (Phi) is 6.51. The zero-order valence-electron chi connectivity index (χ0n) is 16.1. The van der Waals surface area contributed by atoms with Crippen LogP contribution < -0.4 is 5.32 Å². The maximum atomic E-state index is 13.2. The second-order valence-electron chi connectivity index (χ2n) is 6.77. The van der Waals surface area contributed by atoms with Crippen LogP contribution in [0.1, 0.15) is 42.6 Å². The minimum Gasteiger partial charge on any atom is -0.465 e. The number of piperidine rings is 1. The van der Waals surface area contributed by atoms with Crippen molar-refractivity contribution in [3.63, 3.8) is 0 Å². The van der Waals surface area contributed by atoms with Crippen LogP contribution in [-0.2, 0) is 14.3 Å². The minimum atomic E-state index is -0.481. The zero-order valence-corrected chi connectivity index (χ0v) is 17.7. The van der Waals surface area contributed by atoms with E-state index in [4.69, 9.17) is 4.74 Å². The number of ketones is 1. The number of amides is 2. The van der Waals surface area contributed by atoms with Crippen molar-refractivity contribution in [2.45, 2.75) is 32.9 Å². The fourth-order valence-corrected chi connectivity index (χ4v) is 5.63. The molecule has 28 heavy (non-hydrogen) atoms. The van der Waals surface area contributed by atoms with Gasteiger partial charge in [-0.25, -0.2) is 4.79 Å². The van der Waals surface area contributed by atoms with Gasteiger partial charge in [0.15, 0.2) is 0 Å². The summed E-state index contributed by atoms with van der Waals surface area (Å²) in [6.45, 7) is 5.53. The lowest BCUT2D eigenvalue weighted by molar-refractivity contribution is -0.142. The van der Waals surface area contributed by atoms with Crippen LogP contribution in [0, 0.1) is 11.8 Å². The Bertz CT molecular complexity index is 769. The maximum Gasteiger partial charge on any atom is 0.325 e. The molecule has 2 aromatic heterocycles. The van der Waals surface area contributed by atoms with E-state index in [0.29, 0.717) is 0 Å². The van der Waals surface area contributed by atoms with E-state index >= 15 is 0 Å². The molecule has 0 aliphatic carbocycles. The quantitative estimate of drug-likeness (QED) is 0.741. The summed E-state index contributed by atoms with van der Waals surface area (Å²) in [5.41, 5.74) is 0. The van der Waals surface area contributed by atoms with Gasteiger partial charge in [0.2, 0.25) is 0 Å². The van der Waals surface area contributed by atoms with E-state index in [-0.39, 0.29) is 48.9 Å². The molecule has 0 unspecified atom stereocenters. The Balaban J connectivity index is 1.97. The molecule has 2 amide bonds. The van der Waals surface area contributed by atoms with E-state index in [9.17, 15) is 14.4 Å². The highest BCUT2D eigenvalue weighted by atomic mass is 32.1. The van der Waals surface area contributed by atoms with Gasteiger partial charge in [-0.1, -0.05) is 26.0 Å². The van der Waals surface area contributed by atoms with Crippen molar-refractivity contribution >= 4 is 40.5 Å².